The molecule has 0 radical (unpaired) electrons. The second-order valence-corrected chi connectivity index (χ2v) is 4.87. The van der Waals surface area contributed by atoms with Gasteiger partial charge in [-0.25, -0.2) is 13.6 Å². The van der Waals surface area contributed by atoms with Crippen LogP contribution in [0.5, 0.6) is 0 Å². The van der Waals surface area contributed by atoms with E-state index in [0.717, 1.165) is 0 Å². The molecule has 0 unspecified atom stereocenters. The van der Waals surface area contributed by atoms with Gasteiger partial charge in [-0.3, -0.25) is 0 Å². The molecule has 0 N–H and O–H groups in total. The van der Waals surface area contributed by atoms with Gasteiger partial charge in [0.25, 0.3) is 0 Å². The molecule has 4 heteroatoms. The fraction of sp³-hybridized carbons (Fsp3) is 0.462. The quantitative estimate of drug-likeness (QED) is 0.585. The fourth-order valence-corrected chi connectivity index (χ4v) is 2.16. The summed E-state index contributed by atoms with van der Waals surface area (Å²) in [5.41, 5.74) is -2.08. The highest BCUT2D eigenvalue weighted by atomic mass is 19.1. The van der Waals surface area contributed by atoms with E-state index in [1.54, 1.807) is 6.07 Å². The zero-order valence-corrected chi connectivity index (χ0v) is 9.76. The van der Waals surface area contributed by atoms with Crippen LogP contribution < -0.4 is 0 Å². The zero-order chi connectivity index (χ0) is 12.7. The minimum atomic E-state index is -1.80. The molecular weight excluding hydrogens is 224 g/mol. The van der Waals surface area contributed by atoms with Crippen LogP contribution in [0.1, 0.15) is 37.8 Å². The topological polar surface area (TPSA) is 29.4 Å². The van der Waals surface area contributed by atoms with Crippen LogP contribution in [0.15, 0.2) is 23.2 Å². The third-order valence-electron chi connectivity index (χ3n) is 3.09. The van der Waals surface area contributed by atoms with Crippen LogP contribution in [0.3, 0.4) is 0 Å². The van der Waals surface area contributed by atoms with Gasteiger partial charge in [-0.1, -0.05) is 12.1 Å². The van der Waals surface area contributed by atoms with Crippen LogP contribution in [0.4, 0.5) is 8.78 Å². The van der Waals surface area contributed by atoms with Crippen molar-refractivity contribution in [3.8, 4) is 0 Å². The Morgan fingerprint density at radius 3 is 2.53 bits per heavy atom. The Balaban J connectivity index is 2.63. The predicted octanol–water partition coefficient (Wildman–Crippen LogP) is 3.36. The van der Waals surface area contributed by atoms with E-state index in [-0.39, 0.29) is 5.56 Å². The summed E-state index contributed by atoms with van der Waals surface area (Å²) in [7, 11) is 0. The molecule has 0 amide bonds. The Bertz CT molecular complexity index is 495. The molecule has 1 aliphatic rings. The molecule has 0 atom stereocenters. The first-order chi connectivity index (χ1) is 7.91. The Hall–Kier alpha value is -1.54. The van der Waals surface area contributed by atoms with Crippen molar-refractivity contribution in [1.82, 2.24) is 0 Å². The van der Waals surface area contributed by atoms with Gasteiger partial charge in [-0.15, -0.1) is 0 Å². The molecule has 17 heavy (non-hydrogen) atoms. The lowest BCUT2D eigenvalue weighted by Crippen LogP contribution is -2.19. The fourth-order valence-electron chi connectivity index (χ4n) is 2.16. The maximum absolute atomic E-state index is 14.1. The lowest BCUT2D eigenvalue weighted by Gasteiger charge is -2.22. The lowest BCUT2D eigenvalue weighted by atomic mass is 9.89. The first-order valence-electron chi connectivity index (χ1n) is 5.48. The number of aliphatic imine (C=N–C) groups is 1. The molecule has 2 rings (SSSR count). The summed E-state index contributed by atoms with van der Waals surface area (Å²) in [6.45, 7) is 2.60. The highest BCUT2D eigenvalue weighted by Gasteiger charge is 2.48. The van der Waals surface area contributed by atoms with E-state index in [1.807, 2.05) is 0 Å². The predicted molar refractivity (Wildman–Crippen MR) is 59.6 cm³/mol. The molecule has 1 saturated carbocycles. The molecule has 1 fully saturated rings. The molecule has 0 saturated heterocycles. The number of benzene rings is 1. The summed E-state index contributed by atoms with van der Waals surface area (Å²) in [5.74, 6) is -0.595. The number of halogens is 2. The standard InChI is InChI=1S/C13H13F2NO/c1-12(2,15)11-9(4-3-5-10(11)14)13(6-7-13)16-8-17/h3-5H,6-7H2,1-2H3. The SMILES string of the molecule is CC(C)(F)c1c(F)cccc1C1(N=C=O)CC1. The Morgan fingerprint density at radius 1 is 1.41 bits per heavy atom. The molecule has 1 aromatic rings. The maximum atomic E-state index is 14.1. The van der Waals surface area contributed by atoms with E-state index < -0.39 is 17.0 Å². The summed E-state index contributed by atoms with van der Waals surface area (Å²) < 4.78 is 27.8. The van der Waals surface area contributed by atoms with Gasteiger partial charge < -0.3 is 0 Å². The molecule has 0 aromatic heterocycles. The molecule has 0 bridgehead atoms. The molecule has 0 aliphatic heterocycles. The number of carbonyl (C=O) groups excluding carboxylic acids is 1. The minimum absolute atomic E-state index is 0.00324. The number of hydrogen-bond donors (Lipinski definition) is 0. The van der Waals surface area contributed by atoms with E-state index in [9.17, 15) is 13.6 Å². The van der Waals surface area contributed by atoms with Crippen molar-refractivity contribution in [3.05, 3.63) is 35.1 Å². The third-order valence-corrected chi connectivity index (χ3v) is 3.09. The number of hydrogen-bond acceptors (Lipinski definition) is 2. The van der Waals surface area contributed by atoms with Crippen LogP contribution in [-0.4, -0.2) is 6.08 Å². The molecule has 90 valence electrons. The molecule has 0 heterocycles. The van der Waals surface area contributed by atoms with E-state index in [0.29, 0.717) is 18.4 Å². The largest absolute Gasteiger partial charge is 0.239 e. The van der Waals surface area contributed by atoms with Crippen LogP contribution in [-0.2, 0) is 16.0 Å². The highest BCUT2D eigenvalue weighted by Crippen LogP contribution is 2.52. The van der Waals surface area contributed by atoms with Gasteiger partial charge in [0.2, 0.25) is 6.08 Å². The average molecular weight is 237 g/mol. The van der Waals surface area contributed by atoms with Gasteiger partial charge in [-0.2, -0.15) is 4.99 Å². The van der Waals surface area contributed by atoms with Gasteiger partial charge in [0.05, 0.1) is 5.54 Å². The monoisotopic (exact) mass is 237 g/mol. The van der Waals surface area contributed by atoms with Crippen molar-refractivity contribution in [3.63, 3.8) is 0 Å². The summed E-state index contributed by atoms with van der Waals surface area (Å²) in [6, 6.07) is 4.37. The van der Waals surface area contributed by atoms with Crippen molar-refractivity contribution in [2.75, 3.05) is 0 Å². The van der Waals surface area contributed by atoms with Gasteiger partial charge in [-0.05, 0) is 38.3 Å². The minimum Gasteiger partial charge on any atom is -0.239 e. The van der Waals surface area contributed by atoms with Crippen LogP contribution in [0, 0.1) is 5.82 Å². The molecule has 2 nitrogen and oxygen atoms in total. The second kappa shape index (κ2) is 3.74. The number of isocyanates is 1. The summed E-state index contributed by atoms with van der Waals surface area (Å²) in [4.78, 5) is 14.1. The maximum Gasteiger partial charge on any atom is 0.235 e. The average Bonchev–Trinajstić information content (AvgIpc) is 2.97. The molecular formula is C13H13F2NO. The normalized spacial score (nSPS) is 17.4. The summed E-state index contributed by atoms with van der Waals surface area (Å²) >= 11 is 0. The number of rotatable bonds is 3. The van der Waals surface area contributed by atoms with Crippen molar-refractivity contribution < 1.29 is 13.6 Å². The first-order valence-corrected chi connectivity index (χ1v) is 5.48. The first kappa shape index (κ1) is 11.9. The Morgan fingerprint density at radius 2 is 2.06 bits per heavy atom. The highest BCUT2D eigenvalue weighted by molar-refractivity contribution is 5.46. The second-order valence-electron chi connectivity index (χ2n) is 4.87. The zero-order valence-electron chi connectivity index (χ0n) is 9.76. The van der Waals surface area contributed by atoms with Crippen molar-refractivity contribution in [2.24, 2.45) is 4.99 Å². The van der Waals surface area contributed by atoms with Crippen LogP contribution in [0.2, 0.25) is 0 Å². The Labute approximate surface area is 98.4 Å². The van der Waals surface area contributed by atoms with Gasteiger partial charge in [0.15, 0.2) is 0 Å². The smallest absolute Gasteiger partial charge is 0.235 e. The van der Waals surface area contributed by atoms with Crippen molar-refractivity contribution in [1.29, 1.82) is 0 Å². The van der Waals surface area contributed by atoms with Crippen molar-refractivity contribution in [2.45, 2.75) is 37.9 Å². The van der Waals surface area contributed by atoms with E-state index >= 15 is 0 Å². The molecule has 1 aromatic carbocycles. The number of nitrogens with zero attached hydrogens (tertiary/aromatic N) is 1. The lowest BCUT2D eigenvalue weighted by molar-refractivity contribution is 0.210. The number of alkyl halides is 1. The third kappa shape index (κ3) is 2.01. The van der Waals surface area contributed by atoms with Gasteiger partial charge >= 0.3 is 0 Å². The van der Waals surface area contributed by atoms with Crippen LogP contribution in [0.25, 0.3) is 0 Å². The Kier molecular flexibility index (Phi) is 2.63. The van der Waals surface area contributed by atoms with E-state index in [1.165, 1.54) is 32.1 Å². The van der Waals surface area contributed by atoms with E-state index in [2.05, 4.69) is 4.99 Å². The molecule has 0 spiro atoms. The molecule has 1 aliphatic carbocycles. The van der Waals surface area contributed by atoms with Gasteiger partial charge in [0, 0.05) is 5.56 Å². The summed E-state index contributed by atoms with van der Waals surface area (Å²) in [6.07, 6.45) is 2.76. The van der Waals surface area contributed by atoms with Crippen LogP contribution >= 0.6 is 0 Å². The van der Waals surface area contributed by atoms with Crippen molar-refractivity contribution >= 4 is 6.08 Å². The van der Waals surface area contributed by atoms with E-state index in [4.69, 9.17) is 0 Å². The summed E-state index contributed by atoms with van der Waals surface area (Å²) in [5, 5.41) is 0. The van der Waals surface area contributed by atoms with Gasteiger partial charge in [0.1, 0.15) is 11.5 Å².